The second-order valence-corrected chi connectivity index (χ2v) is 15.7. The highest BCUT2D eigenvalue weighted by molar-refractivity contribution is 5.96. The lowest BCUT2D eigenvalue weighted by atomic mass is 9.90. The van der Waals surface area contributed by atoms with E-state index in [1.807, 2.05) is 13.8 Å². The molecule has 2 rings (SSSR count). The zero-order chi connectivity index (χ0) is 40.8. The quantitative estimate of drug-likeness (QED) is 0.0838. The van der Waals surface area contributed by atoms with Crippen LogP contribution in [0, 0.1) is 11.8 Å². The Morgan fingerprint density at radius 2 is 1.36 bits per heavy atom. The van der Waals surface area contributed by atoms with E-state index in [4.69, 9.17) is 26.7 Å². The van der Waals surface area contributed by atoms with E-state index in [1.165, 1.54) is 4.90 Å². The lowest BCUT2D eigenvalue weighted by molar-refractivity contribution is -0.147. The highest BCUT2D eigenvalue weighted by atomic mass is 16.5. The van der Waals surface area contributed by atoms with Crippen molar-refractivity contribution in [2.75, 3.05) is 39.9 Å². The molecular weight excluding hydrogens is 704 g/mol. The van der Waals surface area contributed by atoms with E-state index < -0.39 is 65.9 Å². The maximum atomic E-state index is 14.3. The average molecular weight is 781 g/mol. The predicted octanol–water partition coefficient (Wildman–Crippen LogP) is 1.98. The van der Waals surface area contributed by atoms with Gasteiger partial charge in [-0.05, 0) is 64.5 Å². The van der Waals surface area contributed by atoms with Gasteiger partial charge in [0.1, 0.15) is 24.2 Å². The summed E-state index contributed by atoms with van der Waals surface area (Å²) in [6.07, 6.45) is 12.1. The van der Waals surface area contributed by atoms with Gasteiger partial charge in [-0.1, -0.05) is 85.0 Å². The van der Waals surface area contributed by atoms with Crippen LogP contribution in [0.1, 0.15) is 130 Å². The molecular formula is C40H76N8O7. The Morgan fingerprint density at radius 3 is 1.96 bits per heavy atom. The Hall–Kier alpha value is -2.85. The van der Waals surface area contributed by atoms with Gasteiger partial charge in [-0.2, -0.15) is 0 Å². The maximum absolute atomic E-state index is 14.3. The van der Waals surface area contributed by atoms with Gasteiger partial charge in [-0.15, -0.1) is 0 Å². The Balaban J connectivity index is 2.58. The first-order valence-corrected chi connectivity index (χ1v) is 21.2. The van der Waals surface area contributed by atoms with E-state index in [0.717, 1.165) is 70.6 Å². The van der Waals surface area contributed by atoms with Crippen molar-refractivity contribution in [2.45, 2.75) is 173 Å². The molecule has 15 nitrogen and oxygen atoms in total. The predicted molar refractivity (Wildman–Crippen MR) is 214 cm³/mol. The first kappa shape index (κ1) is 48.3. The van der Waals surface area contributed by atoms with Gasteiger partial charge in [0, 0.05) is 19.6 Å². The van der Waals surface area contributed by atoms with E-state index in [9.17, 15) is 24.0 Å². The number of rotatable bonds is 17. The van der Waals surface area contributed by atoms with Gasteiger partial charge in [0.05, 0.1) is 31.3 Å². The Kier molecular flexibility index (Phi) is 23.6. The molecule has 1 saturated carbocycles. The molecule has 1 saturated heterocycles. The van der Waals surface area contributed by atoms with Gasteiger partial charge in [-0.3, -0.25) is 24.0 Å². The number of carbonyl (C=O) groups excluding carboxylic acids is 5. The van der Waals surface area contributed by atoms with Crippen LogP contribution in [-0.4, -0.2) is 117 Å². The molecule has 0 bridgehead atoms. The minimum Gasteiger partial charge on any atom is -0.375 e. The van der Waals surface area contributed by atoms with Crippen LogP contribution in [0.25, 0.3) is 0 Å². The van der Waals surface area contributed by atoms with Crippen molar-refractivity contribution < 1.29 is 33.4 Å². The molecule has 10 N–H and O–H groups in total. The van der Waals surface area contributed by atoms with Crippen LogP contribution in [0.3, 0.4) is 0 Å². The van der Waals surface area contributed by atoms with Crippen molar-refractivity contribution in [2.24, 2.45) is 29.0 Å². The molecule has 0 aromatic carbocycles. The molecule has 0 aromatic rings. The Labute approximate surface area is 330 Å². The lowest BCUT2D eigenvalue weighted by Crippen LogP contribution is -2.62. The van der Waals surface area contributed by atoms with Crippen molar-refractivity contribution in [3.05, 3.63) is 0 Å². The number of nitrogens with zero attached hydrogens (tertiary/aromatic N) is 1. The number of nitrogens with one attached hydrogen (secondary N) is 4. The van der Waals surface area contributed by atoms with Crippen LogP contribution in [0.15, 0.2) is 0 Å². The molecule has 5 amide bonds. The van der Waals surface area contributed by atoms with Gasteiger partial charge in [0.15, 0.2) is 0 Å². The van der Waals surface area contributed by atoms with E-state index in [-0.39, 0.29) is 37.7 Å². The third kappa shape index (κ3) is 16.6. The van der Waals surface area contributed by atoms with Gasteiger partial charge in [0.25, 0.3) is 0 Å². The molecule has 318 valence electrons. The fourth-order valence-electron chi connectivity index (χ4n) is 7.59. The highest BCUT2D eigenvalue weighted by Crippen LogP contribution is 2.27. The third-order valence-electron chi connectivity index (χ3n) is 11.1. The van der Waals surface area contributed by atoms with Crippen LogP contribution >= 0.6 is 0 Å². The molecule has 1 heterocycles. The summed E-state index contributed by atoms with van der Waals surface area (Å²) in [5.74, 6) is -3.08. The van der Waals surface area contributed by atoms with Crippen LogP contribution in [0.2, 0.25) is 0 Å². The first-order valence-electron chi connectivity index (χ1n) is 21.2. The van der Waals surface area contributed by atoms with Crippen molar-refractivity contribution in [1.82, 2.24) is 26.2 Å². The largest absolute Gasteiger partial charge is 0.375 e. The monoisotopic (exact) mass is 781 g/mol. The average Bonchev–Trinajstić information content (AvgIpc) is 3.45. The minimum absolute atomic E-state index is 0.111. The summed E-state index contributed by atoms with van der Waals surface area (Å²) in [7, 11) is 1.65. The fraction of sp³-hybridized carbons (Fsp3) is 0.875. The molecule has 0 spiro atoms. The molecule has 2 aliphatic rings. The number of nitrogens with two attached hydrogens (primary N) is 3. The number of unbranched alkanes of at least 4 members (excludes halogenated alkanes) is 4. The Bertz CT molecular complexity index is 1150. The van der Waals surface area contributed by atoms with Gasteiger partial charge < -0.3 is 52.8 Å². The zero-order valence-electron chi connectivity index (χ0n) is 34.6. The molecule has 0 radical (unpaired) electrons. The van der Waals surface area contributed by atoms with Crippen LogP contribution < -0.4 is 38.5 Å². The fourth-order valence-corrected chi connectivity index (χ4v) is 7.59. The third-order valence-corrected chi connectivity index (χ3v) is 11.1. The number of amides is 5. The maximum Gasteiger partial charge on any atom is 0.245 e. The van der Waals surface area contributed by atoms with Crippen LogP contribution in [0.4, 0.5) is 0 Å². The van der Waals surface area contributed by atoms with E-state index >= 15 is 0 Å². The second kappa shape index (κ2) is 26.9. The van der Waals surface area contributed by atoms with Crippen LogP contribution in [-0.2, 0) is 33.4 Å². The molecule has 55 heavy (non-hydrogen) atoms. The molecule has 0 unspecified atom stereocenters. The SMILES string of the molecule is CCCCCC[C@H]1OC[C@@H](C)NC(=O)[C@H](COC(CCN)CCN)NC(=O)[C@H](CN)NC(=O)[C@H](C2CCCCCC2)NC(=O)[C@H](CCCC)N(C)C(=O)[C@@H]1C. The minimum atomic E-state index is -1.20. The van der Waals surface area contributed by atoms with Gasteiger partial charge in [-0.25, -0.2) is 0 Å². The standard InChI is InChI=1S/C40H76N8O7/c1-6-8-10-15-19-34-28(4)40(53)48(5)33(18-9-7-2)38(51)47-35(29-16-13-11-12-14-17-29)39(52)45-31(24-43)36(49)46-32(37(50)44-27(3)25-55-34)26-54-30(20-22-41)21-23-42/h27-35H,6-26,41-43H2,1-5H3,(H,44,50)(H,45,52)(H,46,49)(H,47,51)/t27-,28-,31+,32+,33+,34-,35+/m1/s1. The van der Waals surface area contributed by atoms with E-state index in [2.05, 4.69) is 28.2 Å². The van der Waals surface area contributed by atoms with Crippen molar-refractivity contribution in [3.63, 3.8) is 0 Å². The number of ether oxygens (including phenoxy) is 2. The van der Waals surface area contributed by atoms with Gasteiger partial charge in [0.2, 0.25) is 29.5 Å². The number of hydrogen-bond acceptors (Lipinski definition) is 10. The van der Waals surface area contributed by atoms with Gasteiger partial charge >= 0.3 is 0 Å². The summed E-state index contributed by atoms with van der Waals surface area (Å²) in [6, 6.07) is -4.60. The number of likely N-dealkylation sites (N-methyl/N-ethyl adjacent to an activating group) is 1. The second-order valence-electron chi connectivity index (χ2n) is 15.7. The van der Waals surface area contributed by atoms with Crippen molar-refractivity contribution in [1.29, 1.82) is 0 Å². The molecule has 7 atom stereocenters. The Morgan fingerprint density at radius 1 is 0.745 bits per heavy atom. The summed E-state index contributed by atoms with van der Waals surface area (Å²) in [6.45, 7) is 8.20. The van der Waals surface area contributed by atoms with E-state index in [1.54, 1.807) is 14.0 Å². The molecule has 0 aromatic heterocycles. The zero-order valence-corrected chi connectivity index (χ0v) is 34.6. The highest BCUT2D eigenvalue weighted by Gasteiger charge is 2.38. The summed E-state index contributed by atoms with van der Waals surface area (Å²) in [4.78, 5) is 71.8. The topological polar surface area (TPSA) is 233 Å². The number of carbonyl (C=O) groups is 5. The van der Waals surface area contributed by atoms with Crippen LogP contribution in [0.5, 0.6) is 0 Å². The summed E-state index contributed by atoms with van der Waals surface area (Å²) >= 11 is 0. The first-order chi connectivity index (χ1) is 26.4. The van der Waals surface area contributed by atoms with E-state index in [0.29, 0.717) is 45.2 Å². The normalized spacial score (nSPS) is 27.7. The van der Waals surface area contributed by atoms with Crippen molar-refractivity contribution >= 4 is 29.5 Å². The summed E-state index contributed by atoms with van der Waals surface area (Å²) in [5, 5.41) is 11.5. The van der Waals surface area contributed by atoms with Crippen molar-refractivity contribution in [3.8, 4) is 0 Å². The summed E-state index contributed by atoms with van der Waals surface area (Å²) in [5.41, 5.74) is 17.7. The smallest absolute Gasteiger partial charge is 0.245 e. The molecule has 2 fully saturated rings. The number of hydrogen-bond donors (Lipinski definition) is 7. The molecule has 15 heteroatoms. The molecule has 1 aliphatic carbocycles. The molecule has 1 aliphatic heterocycles. The summed E-state index contributed by atoms with van der Waals surface area (Å²) < 4.78 is 12.5. The lowest BCUT2D eigenvalue weighted by Gasteiger charge is -2.34.